The first-order chi connectivity index (χ1) is 4.80. The molecule has 0 N–H and O–H groups in total. The predicted octanol–water partition coefficient (Wildman–Crippen LogP) is 2.75. The fourth-order valence-electron chi connectivity index (χ4n) is 0.904. The zero-order valence-electron chi connectivity index (χ0n) is 6.12. The van der Waals surface area contributed by atoms with Gasteiger partial charge in [-0.3, -0.25) is 0 Å². The van der Waals surface area contributed by atoms with E-state index in [1.807, 2.05) is 6.08 Å². The molecule has 0 amide bonds. The highest BCUT2D eigenvalue weighted by molar-refractivity contribution is 7.81. The summed E-state index contributed by atoms with van der Waals surface area (Å²) in [5.74, 6) is 0. The van der Waals surface area contributed by atoms with Crippen LogP contribution in [0.2, 0.25) is 0 Å². The maximum atomic E-state index is 4.35. The predicted molar refractivity (Wildman–Crippen MR) is 49.4 cm³/mol. The first kappa shape index (κ1) is 7.67. The zero-order valence-corrected chi connectivity index (χ0v) is 7.01. The summed E-state index contributed by atoms with van der Waals surface area (Å²) in [6.07, 6.45) is 11.5. The molecule has 0 aliphatic heterocycles. The second-order valence-electron chi connectivity index (χ2n) is 2.43. The Balaban J connectivity index is 2.68. The second kappa shape index (κ2) is 3.67. The summed E-state index contributed by atoms with van der Waals surface area (Å²) in [7, 11) is 0. The van der Waals surface area contributed by atoms with Crippen LogP contribution < -0.4 is 0 Å². The maximum Gasteiger partial charge on any atom is 0.0204 e. The van der Waals surface area contributed by atoms with Crippen molar-refractivity contribution in [2.45, 2.75) is 18.6 Å². The number of thiol groups is 1. The number of rotatable bonds is 1. The first-order valence-corrected chi connectivity index (χ1v) is 4.02. The SMILES string of the molecule is CC(S)C1=CC=CC=CC1. The highest BCUT2D eigenvalue weighted by Gasteiger charge is 2.00. The molecule has 1 atom stereocenters. The molecule has 0 aromatic heterocycles. The Kier molecular flexibility index (Phi) is 2.82. The molecule has 0 bridgehead atoms. The van der Waals surface area contributed by atoms with E-state index < -0.39 is 0 Å². The monoisotopic (exact) mass is 152 g/mol. The largest absolute Gasteiger partial charge is 0.172 e. The average Bonchev–Trinajstić information content (AvgIpc) is 2.12. The summed E-state index contributed by atoms with van der Waals surface area (Å²) in [6, 6.07) is 0. The van der Waals surface area contributed by atoms with Gasteiger partial charge in [-0.2, -0.15) is 12.6 Å². The van der Waals surface area contributed by atoms with Crippen LogP contribution in [-0.2, 0) is 0 Å². The van der Waals surface area contributed by atoms with Crippen molar-refractivity contribution < 1.29 is 0 Å². The van der Waals surface area contributed by atoms with E-state index in [0.29, 0.717) is 5.25 Å². The maximum absolute atomic E-state index is 4.35. The minimum absolute atomic E-state index is 0.382. The number of hydrogen-bond acceptors (Lipinski definition) is 1. The van der Waals surface area contributed by atoms with Gasteiger partial charge in [-0.1, -0.05) is 36.0 Å². The van der Waals surface area contributed by atoms with Gasteiger partial charge in [0.05, 0.1) is 0 Å². The molecule has 0 aromatic rings. The molecule has 0 fully saturated rings. The Hall–Kier alpha value is -0.430. The van der Waals surface area contributed by atoms with E-state index in [4.69, 9.17) is 0 Å². The van der Waals surface area contributed by atoms with Crippen LogP contribution in [0.1, 0.15) is 13.3 Å². The van der Waals surface area contributed by atoms with E-state index in [0.717, 1.165) is 6.42 Å². The van der Waals surface area contributed by atoms with Crippen molar-refractivity contribution in [2.24, 2.45) is 0 Å². The molecule has 1 unspecified atom stereocenters. The topological polar surface area (TPSA) is 0 Å². The normalized spacial score (nSPS) is 20.0. The van der Waals surface area contributed by atoms with Gasteiger partial charge in [-0.15, -0.1) is 0 Å². The number of allylic oxidation sites excluding steroid dienone is 5. The average molecular weight is 152 g/mol. The van der Waals surface area contributed by atoms with Crippen LogP contribution in [0.3, 0.4) is 0 Å². The molecule has 0 radical (unpaired) electrons. The van der Waals surface area contributed by atoms with Gasteiger partial charge < -0.3 is 0 Å². The van der Waals surface area contributed by atoms with E-state index in [-0.39, 0.29) is 0 Å². The van der Waals surface area contributed by atoms with Gasteiger partial charge in [0.2, 0.25) is 0 Å². The van der Waals surface area contributed by atoms with Crippen molar-refractivity contribution in [3.8, 4) is 0 Å². The molecule has 0 aromatic carbocycles. The number of hydrogen-bond donors (Lipinski definition) is 1. The summed E-state index contributed by atoms with van der Waals surface area (Å²) >= 11 is 4.35. The molecule has 54 valence electrons. The van der Waals surface area contributed by atoms with Gasteiger partial charge in [0.15, 0.2) is 0 Å². The molecule has 1 aliphatic carbocycles. The van der Waals surface area contributed by atoms with E-state index in [1.54, 1.807) is 0 Å². The Morgan fingerprint density at radius 1 is 1.40 bits per heavy atom. The fraction of sp³-hybridized carbons (Fsp3) is 0.333. The lowest BCUT2D eigenvalue weighted by molar-refractivity contribution is 1.06. The third-order valence-electron chi connectivity index (χ3n) is 1.56. The molecule has 1 rings (SSSR count). The van der Waals surface area contributed by atoms with Gasteiger partial charge in [-0.25, -0.2) is 0 Å². The van der Waals surface area contributed by atoms with Crippen molar-refractivity contribution in [1.82, 2.24) is 0 Å². The minimum Gasteiger partial charge on any atom is -0.172 e. The molecule has 0 saturated heterocycles. The lowest BCUT2D eigenvalue weighted by Gasteiger charge is -2.05. The van der Waals surface area contributed by atoms with Crippen LogP contribution in [-0.4, -0.2) is 5.25 Å². The standard InChI is InChI=1S/C9H12S/c1-8(10)9-6-4-2-3-5-7-9/h2-6,8,10H,7H2,1H3. The molecule has 10 heavy (non-hydrogen) atoms. The van der Waals surface area contributed by atoms with Crippen LogP contribution >= 0.6 is 12.6 Å². The first-order valence-electron chi connectivity index (χ1n) is 3.51. The summed E-state index contributed by atoms with van der Waals surface area (Å²) in [4.78, 5) is 0. The molecule has 0 spiro atoms. The van der Waals surface area contributed by atoms with Gasteiger partial charge in [0.1, 0.15) is 0 Å². The quantitative estimate of drug-likeness (QED) is 0.549. The summed E-state index contributed by atoms with van der Waals surface area (Å²) < 4.78 is 0. The highest BCUT2D eigenvalue weighted by Crippen LogP contribution is 2.15. The van der Waals surface area contributed by atoms with Crippen LogP contribution in [0.4, 0.5) is 0 Å². The van der Waals surface area contributed by atoms with Gasteiger partial charge >= 0.3 is 0 Å². The minimum atomic E-state index is 0.382. The van der Waals surface area contributed by atoms with Crippen molar-refractivity contribution in [3.05, 3.63) is 36.0 Å². The molecular formula is C9H12S. The highest BCUT2D eigenvalue weighted by atomic mass is 32.1. The van der Waals surface area contributed by atoms with E-state index >= 15 is 0 Å². The lowest BCUT2D eigenvalue weighted by Crippen LogP contribution is -1.94. The summed E-state index contributed by atoms with van der Waals surface area (Å²) in [6.45, 7) is 2.10. The fourth-order valence-corrected chi connectivity index (χ4v) is 1.10. The van der Waals surface area contributed by atoms with Gasteiger partial charge in [0, 0.05) is 5.25 Å². The summed E-state index contributed by atoms with van der Waals surface area (Å²) in [5, 5.41) is 0.382. The van der Waals surface area contributed by atoms with E-state index in [1.165, 1.54) is 5.57 Å². The smallest absolute Gasteiger partial charge is 0.0204 e. The van der Waals surface area contributed by atoms with Crippen LogP contribution in [0.25, 0.3) is 0 Å². The molecule has 0 heterocycles. The third-order valence-corrected chi connectivity index (χ3v) is 1.89. The van der Waals surface area contributed by atoms with Crippen molar-refractivity contribution in [2.75, 3.05) is 0 Å². The van der Waals surface area contributed by atoms with Crippen LogP contribution in [0, 0.1) is 0 Å². The Morgan fingerprint density at radius 2 is 2.20 bits per heavy atom. The Labute approximate surface area is 67.7 Å². The molecule has 0 nitrogen and oxygen atoms in total. The zero-order chi connectivity index (χ0) is 7.40. The Bertz CT molecular complexity index is 185. The van der Waals surface area contributed by atoms with Crippen molar-refractivity contribution in [1.29, 1.82) is 0 Å². The summed E-state index contributed by atoms with van der Waals surface area (Å²) in [5.41, 5.74) is 1.38. The van der Waals surface area contributed by atoms with Crippen molar-refractivity contribution >= 4 is 12.6 Å². The van der Waals surface area contributed by atoms with Crippen molar-refractivity contribution in [3.63, 3.8) is 0 Å². The van der Waals surface area contributed by atoms with E-state index in [2.05, 4.69) is 43.9 Å². The second-order valence-corrected chi connectivity index (χ2v) is 3.21. The molecule has 1 aliphatic rings. The lowest BCUT2D eigenvalue weighted by atomic mass is 10.1. The molecular weight excluding hydrogens is 140 g/mol. The Morgan fingerprint density at radius 3 is 2.90 bits per heavy atom. The van der Waals surface area contributed by atoms with Crippen LogP contribution in [0.15, 0.2) is 36.0 Å². The van der Waals surface area contributed by atoms with Gasteiger partial charge in [0.25, 0.3) is 0 Å². The molecule has 0 saturated carbocycles. The third kappa shape index (κ3) is 2.07. The van der Waals surface area contributed by atoms with E-state index in [9.17, 15) is 0 Å². The molecule has 1 heteroatoms. The van der Waals surface area contributed by atoms with Gasteiger partial charge in [-0.05, 0) is 13.3 Å². The van der Waals surface area contributed by atoms with Crippen LogP contribution in [0.5, 0.6) is 0 Å².